The average molecular weight is 287 g/mol. The summed E-state index contributed by atoms with van der Waals surface area (Å²) in [4.78, 5) is 6.52. The van der Waals surface area contributed by atoms with E-state index in [4.69, 9.17) is 4.42 Å². The lowest BCUT2D eigenvalue weighted by molar-refractivity contribution is 0.540. The molecule has 1 aromatic heterocycles. The Morgan fingerprint density at radius 2 is 1.86 bits per heavy atom. The summed E-state index contributed by atoms with van der Waals surface area (Å²) >= 11 is 0. The van der Waals surface area contributed by atoms with Gasteiger partial charge in [0.15, 0.2) is 0 Å². The van der Waals surface area contributed by atoms with Crippen molar-refractivity contribution < 1.29 is 4.42 Å². The van der Waals surface area contributed by atoms with E-state index in [1.807, 2.05) is 11.9 Å². The van der Waals surface area contributed by atoms with Gasteiger partial charge in [0.1, 0.15) is 6.26 Å². The highest BCUT2D eigenvalue weighted by molar-refractivity contribution is 5.57. The van der Waals surface area contributed by atoms with Gasteiger partial charge in [-0.05, 0) is 49.6 Å². The Bertz CT molecular complexity index is 569. The molecule has 1 aromatic carbocycles. The number of nitrogens with zero attached hydrogens (tertiary/aromatic N) is 2. The molecule has 0 saturated heterocycles. The second kappa shape index (κ2) is 6.76. The summed E-state index contributed by atoms with van der Waals surface area (Å²) in [5, 5.41) is 3.37. The number of oxazole rings is 1. The van der Waals surface area contributed by atoms with Crippen LogP contribution in [0.15, 0.2) is 28.9 Å². The molecular formula is C17H25N3O. The van der Waals surface area contributed by atoms with Gasteiger partial charge in [-0.25, -0.2) is 0 Å². The molecule has 0 saturated carbocycles. The number of nitrogens with one attached hydrogen (secondary N) is 1. The summed E-state index contributed by atoms with van der Waals surface area (Å²) < 4.78 is 5.59. The van der Waals surface area contributed by atoms with E-state index in [-0.39, 0.29) is 0 Å². The van der Waals surface area contributed by atoms with Gasteiger partial charge in [-0.15, -0.1) is 0 Å². The van der Waals surface area contributed by atoms with Crippen LogP contribution in [0.3, 0.4) is 0 Å². The zero-order valence-corrected chi connectivity index (χ0v) is 13.6. The molecule has 21 heavy (non-hydrogen) atoms. The van der Waals surface area contributed by atoms with E-state index in [1.165, 1.54) is 11.1 Å². The van der Waals surface area contributed by atoms with Crippen LogP contribution in [0.25, 0.3) is 0 Å². The van der Waals surface area contributed by atoms with Crippen molar-refractivity contribution >= 4 is 11.7 Å². The molecule has 0 atom stereocenters. The third kappa shape index (κ3) is 4.33. The highest BCUT2D eigenvalue weighted by Gasteiger charge is 2.11. The number of anilines is 2. The summed E-state index contributed by atoms with van der Waals surface area (Å²) in [5.74, 6) is 0.634. The van der Waals surface area contributed by atoms with E-state index in [1.54, 1.807) is 6.26 Å². The van der Waals surface area contributed by atoms with Crippen molar-refractivity contribution in [3.8, 4) is 0 Å². The number of benzene rings is 1. The molecule has 0 fully saturated rings. The molecule has 0 spiro atoms. The third-order valence-electron chi connectivity index (χ3n) is 3.28. The lowest BCUT2D eigenvalue weighted by Gasteiger charge is -2.16. The Hall–Kier alpha value is -1.81. The molecule has 0 radical (unpaired) electrons. The molecule has 2 rings (SSSR count). The molecular weight excluding hydrogens is 262 g/mol. The third-order valence-corrected chi connectivity index (χ3v) is 3.28. The quantitative estimate of drug-likeness (QED) is 0.877. The Balaban J connectivity index is 2.06. The smallest absolute Gasteiger partial charge is 0.301 e. The second-order valence-electron chi connectivity index (χ2n) is 6.05. The normalized spacial score (nSPS) is 11.1. The molecule has 114 valence electrons. The maximum atomic E-state index is 5.59. The first kappa shape index (κ1) is 15.6. The van der Waals surface area contributed by atoms with Crippen molar-refractivity contribution in [2.45, 2.75) is 34.2 Å². The van der Waals surface area contributed by atoms with Crippen molar-refractivity contribution in [3.63, 3.8) is 0 Å². The molecule has 1 heterocycles. The van der Waals surface area contributed by atoms with Gasteiger partial charge in [0, 0.05) is 19.3 Å². The predicted molar refractivity (Wildman–Crippen MR) is 87.0 cm³/mol. The molecule has 4 heteroatoms. The lowest BCUT2D eigenvalue weighted by Crippen LogP contribution is -2.19. The Morgan fingerprint density at radius 1 is 1.19 bits per heavy atom. The monoisotopic (exact) mass is 287 g/mol. The van der Waals surface area contributed by atoms with Gasteiger partial charge >= 0.3 is 6.01 Å². The van der Waals surface area contributed by atoms with E-state index in [9.17, 15) is 0 Å². The molecule has 4 nitrogen and oxygen atoms in total. The topological polar surface area (TPSA) is 41.3 Å². The molecule has 0 amide bonds. The second-order valence-corrected chi connectivity index (χ2v) is 6.05. The molecule has 0 unspecified atom stereocenters. The summed E-state index contributed by atoms with van der Waals surface area (Å²) in [6.45, 7) is 10.3. The van der Waals surface area contributed by atoms with E-state index >= 15 is 0 Å². The SMILES string of the molecule is Cc1cc(C)cc(N(C)c2nc(CNCC(C)C)co2)c1. The zero-order chi connectivity index (χ0) is 15.4. The van der Waals surface area contributed by atoms with Gasteiger partial charge in [0.2, 0.25) is 0 Å². The summed E-state index contributed by atoms with van der Waals surface area (Å²) in [6.07, 6.45) is 1.72. The largest absolute Gasteiger partial charge is 0.431 e. The van der Waals surface area contributed by atoms with Crippen molar-refractivity contribution in [1.29, 1.82) is 0 Å². The minimum Gasteiger partial charge on any atom is -0.431 e. The maximum Gasteiger partial charge on any atom is 0.301 e. The van der Waals surface area contributed by atoms with Crippen molar-refractivity contribution in [3.05, 3.63) is 41.3 Å². The number of hydrogen-bond acceptors (Lipinski definition) is 4. The fourth-order valence-electron chi connectivity index (χ4n) is 2.28. The van der Waals surface area contributed by atoms with Crippen LogP contribution in [0.2, 0.25) is 0 Å². The van der Waals surface area contributed by atoms with Crippen molar-refractivity contribution in [2.24, 2.45) is 5.92 Å². The molecule has 0 aliphatic heterocycles. The van der Waals surface area contributed by atoms with Crippen LogP contribution in [-0.4, -0.2) is 18.6 Å². The fourth-order valence-corrected chi connectivity index (χ4v) is 2.28. The van der Waals surface area contributed by atoms with Gasteiger partial charge in [0.25, 0.3) is 0 Å². The lowest BCUT2D eigenvalue weighted by atomic mass is 10.1. The number of aromatic nitrogens is 1. The zero-order valence-electron chi connectivity index (χ0n) is 13.6. The first-order chi connectivity index (χ1) is 9.95. The molecule has 0 aliphatic carbocycles. The van der Waals surface area contributed by atoms with Gasteiger partial charge in [-0.3, -0.25) is 4.90 Å². The Labute approximate surface area is 127 Å². The van der Waals surface area contributed by atoms with Crippen LogP contribution in [0.1, 0.15) is 30.7 Å². The minimum atomic E-state index is 0.626. The van der Waals surface area contributed by atoms with Crippen LogP contribution in [0, 0.1) is 19.8 Å². The van der Waals surface area contributed by atoms with Crippen molar-refractivity contribution in [1.82, 2.24) is 10.3 Å². The summed E-state index contributed by atoms with van der Waals surface area (Å²) in [6, 6.07) is 7.05. The fraction of sp³-hybridized carbons (Fsp3) is 0.471. The van der Waals surface area contributed by atoms with E-state index < -0.39 is 0 Å². The van der Waals surface area contributed by atoms with E-state index in [2.05, 4.69) is 56.2 Å². The molecule has 0 aliphatic rings. The van der Waals surface area contributed by atoms with Gasteiger partial charge < -0.3 is 9.73 Å². The van der Waals surface area contributed by atoms with Crippen molar-refractivity contribution in [2.75, 3.05) is 18.5 Å². The Kier molecular flexibility index (Phi) is 5.02. The number of hydrogen-bond donors (Lipinski definition) is 1. The molecule has 2 aromatic rings. The van der Waals surface area contributed by atoms with Gasteiger partial charge in [-0.1, -0.05) is 19.9 Å². The summed E-state index contributed by atoms with van der Waals surface area (Å²) in [7, 11) is 1.98. The average Bonchev–Trinajstić information content (AvgIpc) is 2.85. The standard InChI is InChI=1S/C17H25N3O/c1-12(2)9-18-10-15-11-21-17(19-15)20(5)16-7-13(3)6-14(4)8-16/h6-8,11-12,18H,9-10H2,1-5H3. The number of aryl methyl sites for hydroxylation is 2. The van der Waals surface area contributed by atoms with Gasteiger partial charge in [-0.2, -0.15) is 4.98 Å². The van der Waals surface area contributed by atoms with Crippen LogP contribution < -0.4 is 10.2 Å². The van der Waals surface area contributed by atoms with Crippen LogP contribution in [-0.2, 0) is 6.54 Å². The maximum absolute atomic E-state index is 5.59. The molecule has 1 N–H and O–H groups in total. The number of rotatable bonds is 6. The predicted octanol–water partition coefficient (Wildman–Crippen LogP) is 3.80. The highest BCUT2D eigenvalue weighted by Crippen LogP contribution is 2.24. The van der Waals surface area contributed by atoms with E-state index in [0.29, 0.717) is 11.9 Å². The van der Waals surface area contributed by atoms with E-state index in [0.717, 1.165) is 24.5 Å². The van der Waals surface area contributed by atoms with Gasteiger partial charge in [0.05, 0.1) is 5.69 Å². The first-order valence-electron chi connectivity index (χ1n) is 7.43. The van der Waals surface area contributed by atoms with Crippen LogP contribution in [0.4, 0.5) is 11.7 Å². The molecule has 0 bridgehead atoms. The first-order valence-corrected chi connectivity index (χ1v) is 7.43. The summed E-state index contributed by atoms with van der Waals surface area (Å²) in [5.41, 5.74) is 4.50. The van der Waals surface area contributed by atoms with Crippen LogP contribution >= 0.6 is 0 Å². The minimum absolute atomic E-state index is 0.626. The van der Waals surface area contributed by atoms with Crippen LogP contribution in [0.5, 0.6) is 0 Å². The highest BCUT2D eigenvalue weighted by atomic mass is 16.4. The Morgan fingerprint density at radius 3 is 2.48 bits per heavy atom.